The first-order chi connectivity index (χ1) is 7.65. The van der Waals surface area contributed by atoms with Gasteiger partial charge in [-0.25, -0.2) is 0 Å². The van der Waals surface area contributed by atoms with Gasteiger partial charge in [0.1, 0.15) is 0 Å². The highest BCUT2D eigenvalue weighted by Gasteiger charge is 2.15. The van der Waals surface area contributed by atoms with Crippen molar-refractivity contribution in [2.45, 2.75) is 39.7 Å². The van der Waals surface area contributed by atoms with Crippen LogP contribution >= 0.6 is 0 Å². The molecule has 0 saturated carbocycles. The Morgan fingerprint density at radius 3 is 2.38 bits per heavy atom. The number of carbonyl (C=O) groups is 1. The first-order valence-corrected chi connectivity index (χ1v) is 6.00. The molecule has 0 spiro atoms. The van der Waals surface area contributed by atoms with Crippen molar-refractivity contribution >= 4 is 5.91 Å². The molecule has 1 aromatic rings. The molecule has 0 aromatic heterocycles. The second kappa shape index (κ2) is 6.31. The Bertz CT molecular complexity index is 319. The van der Waals surface area contributed by atoms with Crippen molar-refractivity contribution in [3.8, 4) is 0 Å². The van der Waals surface area contributed by atoms with Crippen molar-refractivity contribution < 1.29 is 4.79 Å². The normalized spacial score (nSPS) is 12.5. The van der Waals surface area contributed by atoms with Crippen LogP contribution in [0, 0.1) is 5.92 Å². The van der Waals surface area contributed by atoms with Gasteiger partial charge in [0, 0.05) is 5.92 Å². The fourth-order valence-corrected chi connectivity index (χ4v) is 1.63. The molecule has 1 amide bonds. The minimum atomic E-state index is 0.0445. The van der Waals surface area contributed by atoms with Crippen molar-refractivity contribution in [3.05, 3.63) is 35.9 Å². The number of rotatable bonds is 5. The molecule has 1 N–H and O–H groups in total. The monoisotopic (exact) mass is 219 g/mol. The van der Waals surface area contributed by atoms with E-state index in [0.717, 1.165) is 12.8 Å². The third-order valence-electron chi connectivity index (χ3n) is 2.62. The van der Waals surface area contributed by atoms with E-state index in [0.29, 0.717) is 0 Å². The van der Waals surface area contributed by atoms with E-state index in [-0.39, 0.29) is 17.9 Å². The third-order valence-corrected chi connectivity index (χ3v) is 2.62. The van der Waals surface area contributed by atoms with E-state index in [1.165, 1.54) is 5.56 Å². The molecule has 0 bridgehead atoms. The van der Waals surface area contributed by atoms with Crippen LogP contribution in [-0.2, 0) is 4.79 Å². The molecule has 16 heavy (non-hydrogen) atoms. The maximum atomic E-state index is 11.7. The molecule has 1 atom stereocenters. The highest BCUT2D eigenvalue weighted by atomic mass is 16.1. The highest BCUT2D eigenvalue weighted by molar-refractivity contribution is 5.78. The largest absolute Gasteiger partial charge is 0.349 e. The lowest BCUT2D eigenvalue weighted by Gasteiger charge is -2.19. The number of hydrogen-bond acceptors (Lipinski definition) is 1. The Morgan fingerprint density at radius 1 is 1.25 bits per heavy atom. The molecule has 0 aliphatic heterocycles. The van der Waals surface area contributed by atoms with Gasteiger partial charge in [-0.05, 0) is 12.0 Å². The average Bonchev–Trinajstić information content (AvgIpc) is 2.29. The molecule has 2 nitrogen and oxygen atoms in total. The Hall–Kier alpha value is -1.31. The van der Waals surface area contributed by atoms with E-state index < -0.39 is 0 Å². The van der Waals surface area contributed by atoms with Gasteiger partial charge in [0.2, 0.25) is 5.91 Å². The molecule has 88 valence electrons. The van der Waals surface area contributed by atoms with Crippen molar-refractivity contribution in [2.75, 3.05) is 0 Å². The summed E-state index contributed by atoms with van der Waals surface area (Å²) in [5, 5.41) is 3.09. The van der Waals surface area contributed by atoms with Gasteiger partial charge in [-0.2, -0.15) is 0 Å². The van der Waals surface area contributed by atoms with E-state index in [4.69, 9.17) is 0 Å². The summed E-state index contributed by atoms with van der Waals surface area (Å²) < 4.78 is 0. The minimum absolute atomic E-state index is 0.0445. The first kappa shape index (κ1) is 12.8. The number of amides is 1. The second-order valence-electron chi connectivity index (χ2n) is 4.42. The van der Waals surface area contributed by atoms with Crippen LogP contribution in [0.3, 0.4) is 0 Å². The van der Waals surface area contributed by atoms with Crippen molar-refractivity contribution in [1.82, 2.24) is 5.32 Å². The SMILES string of the molecule is CCCC(NC(=O)C(C)C)c1ccccc1. The second-order valence-corrected chi connectivity index (χ2v) is 4.42. The zero-order valence-corrected chi connectivity index (χ0v) is 10.4. The Kier molecular flexibility index (Phi) is 5.03. The maximum absolute atomic E-state index is 11.7. The van der Waals surface area contributed by atoms with Crippen LogP contribution in [-0.4, -0.2) is 5.91 Å². The fourth-order valence-electron chi connectivity index (χ4n) is 1.63. The fraction of sp³-hybridized carbons (Fsp3) is 0.500. The smallest absolute Gasteiger partial charge is 0.223 e. The quantitative estimate of drug-likeness (QED) is 0.809. The van der Waals surface area contributed by atoms with Gasteiger partial charge in [0.05, 0.1) is 6.04 Å². The molecule has 0 aliphatic rings. The van der Waals surface area contributed by atoms with E-state index in [1.807, 2.05) is 32.0 Å². The average molecular weight is 219 g/mol. The summed E-state index contributed by atoms with van der Waals surface area (Å²) in [5.41, 5.74) is 1.19. The third kappa shape index (κ3) is 3.69. The van der Waals surface area contributed by atoms with Gasteiger partial charge in [0.15, 0.2) is 0 Å². The molecule has 0 heterocycles. The molecule has 2 heteroatoms. The van der Waals surface area contributed by atoms with Gasteiger partial charge in [-0.3, -0.25) is 4.79 Å². The molecule has 1 aromatic carbocycles. The zero-order valence-electron chi connectivity index (χ0n) is 10.4. The maximum Gasteiger partial charge on any atom is 0.223 e. The molecule has 1 unspecified atom stereocenters. The van der Waals surface area contributed by atoms with Gasteiger partial charge in [-0.1, -0.05) is 57.5 Å². The van der Waals surface area contributed by atoms with Gasteiger partial charge in [0.25, 0.3) is 0 Å². The summed E-state index contributed by atoms with van der Waals surface area (Å²) >= 11 is 0. The zero-order chi connectivity index (χ0) is 12.0. The van der Waals surface area contributed by atoms with Crippen LogP contribution in [0.1, 0.15) is 45.2 Å². The number of hydrogen-bond donors (Lipinski definition) is 1. The summed E-state index contributed by atoms with van der Waals surface area (Å²) in [7, 11) is 0. The molecule has 0 aliphatic carbocycles. The summed E-state index contributed by atoms with van der Waals surface area (Å²) in [4.78, 5) is 11.7. The Labute approximate surface area is 98.1 Å². The topological polar surface area (TPSA) is 29.1 Å². The number of benzene rings is 1. The summed E-state index contributed by atoms with van der Waals surface area (Å²) in [6.07, 6.45) is 2.06. The Balaban J connectivity index is 2.72. The molecule has 0 saturated heterocycles. The van der Waals surface area contributed by atoms with E-state index in [9.17, 15) is 4.79 Å². The van der Waals surface area contributed by atoms with Crippen LogP contribution in [0.15, 0.2) is 30.3 Å². The van der Waals surface area contributed by atoms with Crippen LogP contribution in [0.2, 0.25) is 0 Å². The molecular weight excluding hydrogens is 198 g/mol. The van der Waals surface area contributed by atoms with Crippen molar-refractivity contribution in [2.24, 2.45) is 5.92 Å². The Morgan fingerprint density at radius 2 is 1.88 bits per heavy atom. The number of nitrogens with one attached hydrogen (secondary N) is 1. The molecule has 0 radical (unpaired) electrons. The van der Waals surface area contributed by atoms with Crippen LogP contribution in [0.25, 0.3) is 0 Å². The summed E-state index contributed by atoms with van der Waals surface area (Å²) in [6, 6.07) is 10.3. The standard InChI is InChI=1S/C14H21NO/c1-4-8-13(15-14(16)11(2)3)12-9-6-5-7-10-12/h5-7,9-11,13H,4,8H2,1-3H3,(H,15,16). The minimum Gasteiger partial charge on any atom is -0.349 e. The van der Waals surface area contributed by atoms with Crippen LogP contribution in [0.5, 0.6) is 0 Å². The molecule has 0 fully saturated rings. The lowest BCUT2D eigenvalue weighted by atomic mass is 10.0. The first-order valence-electron chi connectivity index (χ1n) is 6.00. The van der Waals surface area contributed by atoms with Gasteiger partial charge < -0.3 is 5.32 Å². The lowest BCUT2D eigenvalue weighted by Crippen LogP contribution is -2.31. The van der Waals surface area contributed by atoms with Crippen LogP contribution in [0.4, 0.5) is 0 Å². The van der Waals surface area contributed by atoms with E-state index in [1.54, 1.807) is 0 Å². The highest BCUT2D eigenvalue weighted by Crippen LogP contribution is 2.18. The predicted molar refractivity (Wildman–Crippen MR) is 67.1 cm³/mol. The van der Waals surface area contributed by atoms with Gasteiger partial charge in [-0.15, -0.1) is 0 Å². The lowest BCUT2D eigenvalue weighted by molar-refractivity contribution is -0.124. The van der Waals surface area contributed by atoms with E-state index >= 15 is 0 Å². The van der Waals surface area contributed by atoms with Crippen molar-refractivity contribution in [3.63, 3.8) is 0 Å². The molecule has 1 rings (SSSR count). The summed E-state index contributed by atoms with van der Waals surface area (Å²) in [6.45, 7) is 5.98. The predicted octanol–water partition coefficient (Wildman–Crippen LogP) is 3.30. The van der Waals surface area contributed by atoms with Crippen molar-refractivity contribution in [1.29, 1.82) is 0 Å². The summed E-state index contributed by atoms with van der Waals surface area (Å²) in [5.74, 6) is 0.172. The van der Waals surface area contributed by atoms with Crippen LogP contribution < -0.4 is 5.32 Å². The van der Waals surface area contributed by atoms with Gasteiger partial charge >= 0.3 is 0 Å². The van der Waals surface area contributed by atoms with E-state index in [2.05, 4.69) is 24.4 Å². The number of carbonyl (C=O) groups excluding carboxylic acids is 1. The molecular formula is C14H21NO.